The summed E-state index contributed by atoms with van der Waals surface area (Å²) in [5.74, 6) is 1.28. The van der Waals surface area contributed by atoms with Gasteiger partial charge in [-0.1, -0.05) is 12.1 Å². The Balaban J connectivity index is 1.72. The second-order valence-corrected chi connectivity index (χ2v) is 5.79. The second-order valence-electron chi connectivity index (χ2n) is 5.79. The molecule has 144 valence electrons. The van der Waals surface area contributed by atoms with Gasteiger partial charge in [0.05, 0.1) is 32.1 Å². The van der Waals surface area contributed by atoms with E-state index in [1.165, 1.54) is 7.11 Å². The van der Waals surface area contributed by atoms with Crippen molar-refractivity contribution in [1.29, 1.82) is 0 Å². The van der Waals surface area contributed by atoms with E-state index in [9.17, 15) is 4.79 Å². The molecule has 0 aliphatic carbocycles. The topological polar surface area (TPSA) is 82.6 Å². The lowest BCUT2D eigenvalue weighted by Crippen LogP contribution is -2.13. The standard InChI is InChI=1S/C21H21N3O4/c1-4-28-20-12-11-18(23-24-20)14-5-7-15(8-6-14)22-21(25)17-10-9-16(26-2)13-19(17)27-3/h5-13H,4H2,1-3H3,(H,22,25). The van der Waals surface area contributed by atoms with Gasteiger partial charge in [-0.25, -0.2) is 0 Å². The van der Waals surface area contributed by atoms with Crippen LogP contribution in [0.15, 0.2) is 54.6 Å². The molecule has 7 heteroatoms. The molecule has 0 saturated heterocycles. The molecule has 0 spiro atoms. The summed E-state index contributed by atoms with van der Waals surface area (Å²) in [5, 5.41) is 11.0. The van der Waals surface area contributed by atoms with Gasteiger partial charge in [0.2, 0.25) is 5.88 Å². The van der Waals surface area contributed by atoms with Crippen LogP contribution in [0, 0.1) is 0 Å². The lowest BCUT2D eigenvalue weighted by Gasteiger charge is -2.11. The van der Waals surface area contributed by atoms with E-state index in [2.05, 4.69) is 15.5 Å². The summed E-state index contributed by atoms with van der Waals surface area (Å²) in [6.45, 7) is 2.44. The van der Waals surface area contributed by atoms with E-state index in [-0.39, 0.29) is 5.91 Å². The van der Waals surface area contributed by atoms with Gasteiger partial charge in [0, 0.05) is 23.4 Å². The number of nitrogens with zero attached hydrogens (tertiary/aromatic N) is 2. The molecule has 1 N–H and O–H groups in total. The highest BCUT2D eigenvalue weighted by molar-refractivity contribution is 6.06. The number of carbonyl (C=O) groups excluding carboxylic acids is 1. The fourth-order valence-electron chi connectivity index (χ4n) is 2.61. The van der Waals surface area contributed by atoms with Crippen molar-refractivity contribution < 1.29 is 19.0 Å². The van der Waals surface area contributed by atoms with Crippen LogP contribution in [0.5, 0.6) is 17.4 Å². The summed E-state index contributed by atoms with van der Waals surface area (Å²) in [6, 6.07) is 16.0. The molecule has 7 nitrogen and oxygen atoms in total. The molecular weight excluding hydrogens is 358 g/mol. The molecule has 1 aromatic heterocycles. The molecule has 0 aliphatic heterocycles. The maximum Gasteiger partial charge on any atom is 0.259 e. The van der Waals surface area contributed by atoms with Crippen molar-refractivity contribution in [1.82, 2.24) is 10.2 Å². The first-order chi connectivity index (χ1) is 13.6. The minimum atomic E-state index is -0.270. The zero-order valence-corrected chi connectivity index (χ0v) is 15.9. The third-order valence-corrected chi connectivity index (χ3v) is 4.02. The van der Waals surface area contributed by atoms with Gasteiger partial charge in [0.1, 0.15) is 11.5 Å². The molecule has 1 heterocycles. The van der Waals surface area contributed by atoms with Gasteiger partial charge >= 0.3 is 0 Å². The third kappa shape index (κ3) is 4.37. The average molecular weight is 379 g/mol. The molecule has 0 saturated carbocycles. The number of carbonyl (C=O) groups is 1. The van der Waals surface area contributed by atoms with Crippen molar-refractivity contribution in [2.24, 2.45) is 0 Å². The van der Waals surface area contributed by atoms with Crippen molar-refractivity contribution in [2.75, 3.05) is 26.1 Å². The molecule has 0 atom stereocenters. The van der Waals surface area contributed by atoms with Crippen LogP contribution < -0.4 is 19.5 Å². The molecular formula is C21H21N3O4. The van der Waals surface area contributed by atoms with Gasteiger partial charge in [0.25, 0.3) is 5.91 Å². The van der Waals surface area contributed by atoms with E-state index in [1.54, 1.807) is 43.5 Å². The first-order valence-electron chi connectivity index (χ1n) is 8.75. The molecule has 2 aromatic carbocycles. The minimum Gasteiger partial charge on any atom is -0.497 e. The van der Waals surface area contributed by atoms with Gasteiger partial charge in [-0.2, -0.15) is 0 Å². The Labute approximate surface area is 163 Å². The Bertz CT molecular complexity index is 941. The van der Waals surface area contributed by atoms with E-state index in [0.717, 1.165) is 11.3 Å². The van der Waals surface area contributed by atoms with Crippen LogP contribution in [-0.4, -0.2) is 36.9 Å². The zero-order valence-electron chi connectivity index (χ0n) is 15.9. The molecule has 0 bridgehead atoms. The lowest BCUT2D eigenvalue weighted by atomic mass is 10.1. The smallest absolute Gasteiger partial charge is 0.259 e. The number of hydrogen-bond acceptors (Lipinski definition) is 6. The fraction of sp³-hybridized carbons (Fsp3) is 0.190. The van der Waals surface area contributed by atoms with Crippen LogP contribution in [0.2, 0.25) is 0 Å². The van der Waals surface area contributed by atoms with Crippen molar-refractivity contribution in [3.8, 4) is 28.6 Å². The highest BCUT2D eigenvalue weighted by Crippen LogP contribution is 2.26. The van der Waals surface area contributed by atoms with E-state index in [0.29, 0.717) is 35.2 Å². The Kier molecular flexibility index (Phi) is 6.06. The number of methoxy groups -OCH3 is 2. The number of amides is 1. The van der Waals surface area contributed by atoms with Crippen molar-refractivity contribution in [3.63, 3.8) is 0 Å². The largest absolute Gasteiger partial charge is 0.497 e. The summed E-state index contributed by atoms with van der Waals surface area (Å²) >= 11 is 0. The zero-order chi connectivity index (χ0) is 19.9. The van der Waals surface area contributed by atoms with E-state index >= 15 is 0 Å². The highest BCUT2D eigenvalue weighted by Gasteiger charge is 2.13. The maximum atomic E-state index is 12.6. The monoisotopic (exact) mass is 379 g/mol. The minimum absolute atomic E-state index is 0.270. The molecule has 28 heavy (non-hydrogen) atoms. The van der Waals surface area contributed by atoms with Crippen molar-refractivity contribution in [3.05, 3.63) is 60.2 Å². The van der Waals surface area contributed by atoms with Gasteiger partial charge in [0.15, 0.2) is 0 Å². The van der Waals surface area contributed by atoms with E-state index < -0.39 is 0 Å². The quantitative estimate of drug-likeness (QED) is 0.672. The molecule has 0 fully saturated rings. The van der Waals surface area contributed by atoms with Crippen molar-refractivity contribution in [2.45, 2.75) is 6.92 Å². The third-order valence-electron chi connectivity index (χ3n) is 4.02. The fourth-order valence-corrected chi connectivity index (χ4v) is 2.61. The number of aromatic nitrogens is 2. The molecule has 1 amide bonds. The second kappa shape index (κ2) is 8.85. The predicted molar refractivity (Wildman–Crippen MR) is 106 cm³/mol. The van der Waals surface area contributed by atoms with E-state index in [4.69, 9.17) is 14.2 Å². The normalized spacial score (nSPS) is 10.2. The average Bonchev–Trinajstić information content (AvgIpc) is 2.74. The summed E-state index contributed by atoms with van der Waals surface area (Å²) in [4.78, 5) is 12.6. The molecule has 0 radical (unpaired) electrons. The number of benzene rings is 2. The SMILES string of the molecule is CCOc1ccc(-c2ccc(NC(=O)c3ccc(OC)cc3OC)cc2)nn1. The maximum absolute atomic E-state index is 12.6. The van der Waals surface area contributed by atoms with Gasteiger partial charge in [-0.05, 0) is 37.3 Å². The van der Waals surface area contributed by atoms with Crippen LogP contribution in [0.3, 0.4) is 0 Å². The number of anilines is 1. The number of ether oxygens (including phenoxy) is 3. The van der Waals surface area contributed by atoms with Crippen molar-refractivity contribution >= 4 is 11.6 Å². The number of rotatable bonds is 7. The van der Waals surface area contributed by atoms with Gasteiger partial charge in [-0.15, -0.1) is 10.2 Å². The van der Waals surface area contributed by atoms with Crippen LogP contribution in [0.1, 0.15) is 17.3 Å². The highest BCUT2D eigenvalue weighted by atomic mass is 16.5. The number of nitrogens with one attached hydrogen (secondary N) is 1. The van der Waals surface area contributed by atoms with Gasteiger partial charge in [-0.3, -0.25) is 4.79 Å². The molecule has 3 aromatic rings. The Morgan fingerprint density at radius 1 is 0.964 bits per heavy atom. The summed E-state index contributed by atoms with van der Waals surface area (Å²) in [6.07, 6.45) is 0. The molecule has 3 rings (SSSR count). The molecule has 0 unspecified atom stereocenters. The first kappa shape index (κ1) is 19.2. The van der Waals surface area contributed by atoms with Gasteiger partial charge < -0.3 is 19.5 Å². The Morgan fingerprint density at radius 3 is 2.36 bits per heavy atom. The Hall–Kier alpha value is -3.61. The number of hydrogen-bond donors (Lipinski definition) is 1. The first-order valence-corrected chi connectivity index (χ1v) is 8.75. The molecule has 0 aliphatic rings. The predicted octanol–water partition coefficient (Wildman–Crippen LogP) is 3.81. The van der Waals surface area contributed by atoms with Crippen LogP contribution >= 0.6 is 0 Å². The van der Waals surface area contributed by atoms with Crippen LogP contribution in [0.25, 0.3) is 11.3 Å². The van der Waals surface area contributed by atoms with Crippen LogP contribution in [0.4, 0.5) is 5.69 Å². The van der Waals surface area contributed by atoms with E-state index in [1.807, 2.05) is 25.1 Å². The summed E-state index contributed by atoms with van der Waals surface area (Å²) in [7, 11) is 3.07. The van der Waals surface area contributed by atoms with Crippen LogP contribution in [-0.2, 0) is 0 Å². The lowest BCUT2D eigenvalue weighted by molar-refractivity contribution is 0.102. The summed E-state index contributed by atoms with van der Waals surface area (Å²) in [5.41, 5.74) is 2.68. The summed E-state index contributed by atoms with van der Waals surface area (Å²) < 4.78 is 15.7. The Morgan fingerprint density at radius 2 is 1.75 bits per heavy atom.